The summed E-state index contributed by atoms with van der Waals surface area (Å²) in [6.45, 7) is 3.33. The van der Waals surface area contributed by atoms with Crippen molar-refractivity contribution in [1.82, 2.24) is 0 Å². The Labute approximate surface area is 94.8 Å². The molecule has 1 heterocycles. The number of nitrogens with zero attached hydrogens (tertiary/aromatic N) is 1. The molecule has 0 atom stereocenters. The van der Waals surface area contributed by atoms with Crippen LogP contribution in [0.2, 0.25) is 0 Å². The van der Waals surface area contributed by atoms with E-state index >= 15 is 0 Å². The Kier molecular flexibility index (Phi) is 3.41. The zero-order valence-corrected chi connectivity index (χ0v) is 9.31. The van der Waals surface area contributed by atoms with E-state index in [1.807, 2.05) is 12.1 Å². The molecular formula is C12H15NO3. The lowest BCUT2D eigenvalue weighted by atomic mass is 10.2. The smallest absolute Gasteiger partial charge is 0.337 e. The standard InChI is InChI=1S/C12H15NO3/c1-15-12(14)10-2-4-11(5-3-10)13-6-8-16-9-7-13/h2-5H,6-9H2,1H3. The molecule has 0 unspecified atom stereocenters. The number of carbonyl (C=O) groups is 1. The van der Waals surface area contributed by atoms with E-state index in [1.165, 1.54) is 7.11 Å². The number of anilines is 1. The molecule has 0 aromatic heterocycles. The molecule has 0 radical (unpaired) electrons. The van der Waals surface area contributed by atoms with Crippen LogP contribution in [0.25, 0.3) is 0 Å². The van der Waals surface area contributed by atoms with Crippen LogP contribution >= 0.6 is 0 Å². The van der Waals surface area contributed by atoms with E-state index in [0.717, 1.165) is 32.0 Å². The zero-order valence-electron chi connectivity index (χ0n) is 9.31. The van der Waals surface area contributed by atoms with Crippen LogP contribution in [0.5, 0.6) is 0 Å². The molecule has 1 aliphatic heterocycles. The van der Waals surface area contributed by atoms with Gasteiger partial charge < -0.3 is 14.4 Å². The van der Waals surface area contributed by atoms with E-state index in [4.69, 9.17) is 4.74 Å². The van der Waals surface area contributed by atoms with E-state index < -0.39 is 0 Å². The number of carbonyl (C=O) groups excluding carboxylic acids is 1. The van der Waals surface area contributed by atoms with Crippen LogP contribution in [-0.2, 0) is 9.47 Å². The molecule has 0 aliphatic carbocycles. The molecule has 0 bridgehead atoms. The Balaban J connectivity index is 2.09. The summed E-state index contributed by atoms with van der Waals surface area (Å²) >= 11 is 0. The maximum atomic E-state index is 11.2. The van der Waals surface area contributed by atoms with E-state index in [-0.39, 0.29) is 5.97 Å². The lowest BCUT2D eigenvalue weighted by Gasteiger charge is -2.28. The van der Waals surface area contributed by atoms with Gasteiger partial charge in [0, 0.05) is 18.8 Å². The average Bonchev–Trinajstić information content (AvgIpc) is 2.39. The normalized spacial score (nSPS) is 15.9. The number of ether oxygens (including phenoxy) is 2. The second-order valence-corrected chi connectivity index (χ2v) is 3.64. The minimum atomic E-state index is -0.298. The highest BCUT2D eigenvalue weighted by Crippen LogP contribution is 2.16. The summed E-state index contributed by atoms with van der Waals surface area (Å²) in [6, 6.07) is 7.46. The SMILES string of the molecule is COC(=O)c1ccc(N2CCOCC2)cc1. The Morgan fingerprint density at radius 2 is 1.88 bits per heavy atom. The third kappa shape index (κ3) is 2.33. The molecule has 0 spiro atoms. The molecule has 1 aromatic rings. The van der Waals surface area contributed by atoms with Gasteiger partial charge in [0.25, 0.3) is 0 Å². The van der Waals surface area contributed by atoms with Crippen LogP contribution in [0.3, 0.4) is 0 Å². The lowest BCUT2D eigenvalue weighted by Crippen LogP contribution is -2.36. The minimum Gasteiger partial charge on any atom is -0.465 e. The third-order valence-electron chi connectivity index (χ3n) is 2.66. The molecule has 4 heteroatoms. The molecule has 0 N–H and O–H groups in total. The Bertz CT molecular complexity index is 355. The van der Waals surface area contributed by atoms with E-state index in [2.05, 4.69) is 9.64 Å². The highest BCUT2D eigenvalue weighted by atomic mass is 16.5. The Morgan fingerprint density at radius 3 is 2.44 bits per heavy atom. The topological polar surface area (TPSA) is 38.8 Å². The van der Waals surface area contributed by atoms with E-state index in [1.54, 1.807) is 12.1 Å². The molecular weight excluding hydrogens is 206 g/mol. The largest absolute Gasteiger partial charge is 0.465 e. The molecule has 86 valence electrons. The fraction of sp³-hybridized carbons (Fsp3) is 0.417. The van der Waals surface area contributed by atoms with Crippen LogP contribution in [-0.4, -0.2) is 39.4 Å². The van der Waals surface area contributed by atoms with Crippen molar-refractivity contribution < 1.29 is 14.3 Å². The number of esters is 1. The minimum absolute atomic E-state index is 0.298. The van der Waals surface area contributed by atoms with Crippen LogP contribution < -0.4 is 4.90 Å². The summed E-state index contributed by atoms with van der Waals surface area (Å²) in [6.07, 6.45) is 0. The van der Waals surface area contributed by atoms with Crippen molar-refractivity contribution in [2.24, 2.45) is 0 Å². The van der Waals surface area contributed by atoms with Crippen LogP contribution in [0.4, 0.5) is 5.69 Å². The summed E-state index contributed by atoms with van der Waals surface area (Å²) in [5, 5.41) is 0. The molecule has 0 amide bonds. The third-order valence-corrected chi connectivity index (χ3v) is 2.66. The first-order chi connectivity index (χ1) is 7.81. The van der Waals surface area contributed by atoms with E-state index in [0.29, 0.717) is 5.56 Å². The second kappa shape index (κ2) is 4.99. The number of benzene rings is 1. The van der Waals surface area contributed by atoms with Gasteiger partial charge in [-0.15, -0.1) is 0 Å². The van der Waals surface area contributed by atoms with Crippen molar-refractivity contribution >= 4 is 11.7 Å². The van der Waals surface area contributed by atoms with Gasteiger partial charge in [0.2, 0.25) is 0 Å². The summed E-state index contributed by atoms with van der Waals surface area (Å²) in [5.74, 6) is -0.298. The number of morpholine rings is 1. The molecule has 2 rings (SSSR count). The molecule has 4 nitrogen and oxygen atoms in total. The molecule has 0 saturated carbocycles. The molecule has 1 aliphatic rings. The van der Waals surface area contributed by atoms with Gasteiger partial charge in [0.1, 0.15) is 0 Å². The Morgan fingerprint density at radius 1 is 1.25 bits per heavy atom. The first-order valence-electron chi connectivity index (χ1n) is 5.32. The first-order valence-corrected chi connectivity index (χ1v) is 5.32. The lowest BCUT2D eigenvalue weighted by molar-refractivity contribution is 0.0600. The fourth-order valence-electron chi connectivity index (χ4n) is 1.75. The fourth-order valence-corrected chi connectivity index (χ4v) is 1.75. The van der Waals surface area contributed by atoms with Gasteiger partial charge in [0.05, 0.1) is 25.9 Å². The number of hydrogen-bond donors (Lipinski definition) is 0. The number of methoxy groups -OCH3 is 1. The summed E-state index contributed by atoms with van der Waals surface area (Å²) in [5.41, 5.74) is 1.70. The highest BCUT2D eigenvalue weighted by Gasteiger charge is 2.11. The van der Waals surface area contributed by atoms with Crippen molar-refractivity contribution in [1.29, 1.82) is 0 Å². The maximum absolute atomic E-state index is 11.2. The predicted octanol–water partition coefficient (Wildman–Crippen LogP) is 1.31. The van der Waals surface area contributed by atoms with Gasteiger partial charge in [-0.2, -0.15) is 0 Å². The van der Waals surface area contributed by atoms with Crippen LogP contribution in [0, 0.1) is 0 Å². The van der Waals surface area contributed by atoms with Gasteiger partial charge in [-0.25, -0.2) is 4.79 Å². The van der Waals surface area contributed by atoms with Crippen molar-refractivity contribution in [2.45, 2.75) is 0 Å². The van der Waals surface area contributed by atoms with Crippen molar-refractivity contribution in [3.63, 3.8) is 0 Å². The van der Waals surface area contributed by atoms with Gasteiger partial charge in [-0.3, -0.25) is 0 Å². The average molecular weight is 221 g/mol. The Hall–Kier alpha value is -1.55. The highest BCUT2D eigenvalue weighted by molar-refractivity contribution is 5.89. The predicted molar refractivity (Wildman–Crippen MR) is 60.8 cm³/mol. The van der Waals surface area contributed by atoms with E-state index in [9.17, 15) is 4.79 Å². The van der Waals surface area contributed by atoms with Gasteiger partial charge in [0.15, 0.2) is 0 Å². The quantitative estimate of drug-likeness (QED) is 0.706. The monoisotopic (exact) mass is 221 g/mol. The molecule has 1 saturated heterocycles. The van der Waals surface area contributed by atoms with Crippen LogP contribution in [0.1, 0.15) is 10.4 Å². The van der Waals surface area contributed by atoms with Gasteiger partial charge in [-0.1, -0.05) is 0 Å². The number of hydrogen-bond acceptors (Lipinski definition) is 4. The molecule has 1 fully saturated rings. The molecule has 1 aromatic carbocycles. The summed E-state index contributed by atoms with van der Waals surface area (Å²) in [7, 11) is 1.39. The zero-order chi connectivity index (χ0) is 11.4. The van der Waals surface area contributed by atoms with Crippen LogP contribution in [0.15, 0.2) is 24.3 Å². The first kappa shape index (κ1) is 11.0. The van der Waals surface area contributed by atoms with Crippen molar-refractivity contribution in [3.8, 4) is 0 Å². The number of rotatable bonds is 2. The van der Waals surface area contributed by atoms with Gasteiger partial charge >= 0.3 is 5.97 Å². The summed E-state index contributed by atoms with van der Waals surface area (Å²) in [4.78, 5) is 13.5. The van der Waals surface area contributed by atoms with Crippen molar-refractivity contribution in [2.75, 3.05) is 38.3 Å². The summed E-state index contributed by atoms with van der Waals surface area (Å²) < 4.78 is 9.93. The van der Waals surface area contributed by atoms with Crippen molar-refractivity contribution in [3.05, 3.63) is 29.8 Å². The molecule has 16 heavy (non-hydrogen) atoms. The second-order valence-electron chi connectivity index (χ2n) is 3.64. The maximum Gasteiger partial charge on any atom is 0.337 e. The van der Waals surface area contributed by atoms with Gasteiger partial charge in [-0.05, 0) is 24.3 Å².